The highest BCUT2D eigenvalue weighted by Crippen LogP contribution is 2.19. The minimum absolute atomic E-state index is 0.245. The number of nitrogens with one attached hydrogen (secondary N) is 1. The van der Waals surface area contributed by atoms with Crippen LogP contribution in [-0.4, -0.2) is 25.0 Å². The molecule has 6 heteroatoms. The first-order chi connectivity index (χ1) is 15.1. The van der Waals surface area contributed by atoms with Gasteiger partial charge >= 0.3 is 0 Å². The van der Waals surface area contributed by atoms with Crippen LogP contribution in [0, 0.1) is 0 Å². The van der Waals surface area contributed by atoms with E-state index in [1.807, 2.05) is 72.8 Å². The summed E-state index contributed by atoms with van der Waals surface area (Å²) in [6.45, 7) is 0.437. The van der Waals surface area contributed by atoms with E-state index in [1.54, 1.807) is 12.1 Å². The fourth-order valence-electron chi connectivity index (χ4n) is 3.23. The van der Waals surface area contributed by atoms with Gasteiger partial charge in [-0.1, -0.05) is 72.8 Å². The lowest BCUT2D eigenvalue weighted by Crippen LogP contribution is -2.47. The first kappa shape index (κ1) is 22.1. The van der Waals surface area contributed by atoms with Crippen molar-refractivity contribution in [2.45, 2.75) is 25.2 Å². The van der Waals surface area contributed by atoms with Gasteiger partial charge in [0.1, 0.15) is 18.4 Å². The number of hydrogen-bond acceptors (Lipinski definition) is 4. The molecule has 160 valence electrons. The van der Waals surface area contributed by atoms with E-state index in [-0.39, 0.29) is 6.42 Å². The van der Waals surface area contributed by atoms with Crippen molar-refractivity contribution in [3.8, 4) is 5.75 Å². The first-order valence-electron chi connectivity index (χ1n) is 10.00. The molecular formula is C25H26N2O4. The molecule has 0 unspecified atom stereocenters. The summed E-state index contributed by atoms with van der Waals surface area (Å²) in [6.07, 6.45) is -0.585. The van der Waals surface area contributed by atoms with Crippen LogP contribution in [0.4, 0.5) is 0 Å². The van der Waals surface area contributed by atoms with Crippen molar-refractivity contribution < 1.29 is 19.1 Å². The van der Waals surface area contributed by atoms with Gasteiger partial charge < -0.3 is 20.5 Å². The van der Waals surface area contributed by atoms with Crippen LogP contribution < -0.4 is 15.8 Å². The van der Waals surface area contributed by atoms with Gasteiger partial charge in [-0.05, 0) is 28.8 Å². The van der Waals surface area contributed by atoms with Gasteiger partial charge in [0.25, 0.3) is 5.91 Å². The number of hydrogen-bond donors (Lipinski definition) is 2. The van der Waals surface area contributed by atoms with E-state index in [2.05, 4.69) is 5.32 Å². The second-order valence-electron chi connectivity index (χ2n) is 7.12. The second kappa shape index (κ2) is 10.9. The van der Waals surface area contributed by atoms with Crippen molar-refractivity contribution in [1.82, 2.24) is 5.32 Å². The van der Waals surface area contributed by atoms with Crippen molar-refractivity contribution in [3.63, 3.8) is 0 Å². The average Bonchev–Trinajstić information content (AvgIpc) is 2.79. The standard InChI is InChI=1S/C25H26N2O4/c1-30-23(20-12-6-3-7-13-20)25(29)27-22(24(26)28)16-19-11-8-14-21(15-19)31-17-18-9-4-2-5-10-18/h2-15,22-23H,16-17H2,1H3,(H2,26,28)(H,27,29)/t22-,23-/m1/s1. The molecular weight excluding hydrogens is 392 g/mol. The number of primary amides is 1. The van der Waals surface area contributed by atoms with Gasteiger partial charge in [-0.2, -0.15) is 0 Å². The van der Waals surface area contributed by atoms with E-state index in [1.165, 1.54) is 7.11 Å². The maximum atomic E-state index is 12.7. The highest BCUT2D eigenvalue weighted by atomic mass is 16.5. The molecule has 6 nitrogen and oxygen atoms in total. The van der Waals surface area contributed by atoms with Crippen molar-refractivity contribution in [3.05, 3.63) is 102 Å². The minimum atomic E-state index is -0.877. The van der Waals surface area contributed by atoms with Crippen LogP contribution in [0.3, 0.4) is 0 Å². The van der Waals surface area contributed by atoms with Crippen LogP contribution in [0.5, 0.6) is 5.75 Å². The average molecular weight is 418 g/mol. The Labute approximate surface area is 182 Å². The third kappa shape index (κ3) is 6.42. The third-order valence-electron chi connectivity index (χ3n) is 4.82. The summed E-state index contributed by atoms with van der Waals surface area (Å²) in [6, 6.07) is 25.4. The lowest BCUT2D eigenvalue weighted by atomic mass is 10.0. The van der Waals surface area contributed by atoms with Crippen LogP contribution in [0.25, 0.3) is 0 Å². The molecule has 0 saturated heterocycles. The molecule has 0 aromatic heterocycles. The Morgan fingerprint density at radius 3 is 2.19 bits per heavy atom. The fraction of sp³-hybridized carbons (Fsp3) is 0.200. The van der Waals surface area contributed by atoms with Gasteiger partial charge in [0, 0.05) is 13.5 Å². The summed E-state index contributed by atoms with van der Waals surface area (Å²) in [5, 5.41) is 2.71. The Morgan fingerprint density at radius 2 is 1.55 bits per heavy atom. The van der Waals surface area contributed by atoms with Gasteiger partial charge in [-0.15, -0.1) is 0 Å². The molecule has 0 heterocycles. The van der Waals surface area contributed by atoms with Gasteiger partial charge in [0.15, 0.2) is 6.10 Å². The number of methoxy groups -OCH3 is 1. The topological polar surface area (TPSA) is 90.7 Å². The number of nitrogens with two attached hydrogens (primary N) is 1. The Morgan fingerprint density at radius 1 is 0.903 bits per heavy atom. The maximum Gasteiger partial charge on any atom is 0.254 e. The Balaban J connectivity index is 1.65. The van der Waals surface area contributed by atoms with E-state index >= 15 is 0 Å². The molecule has 2 amide bonds. The molecule has 0 fully saturated rings. The Bertz CT molecular complexity index is 993. The van der Waals surface area contributed by atoms with Crippen LogP contribution in [-0.2, 0) is 27.4 Å². The zero-order chi connectivity index (χ0) is 22.1. The molecule has 0 spiro atoms. The second-order valence-corrected chi connectivity index (χ2v) is 7.12. The van der Waals surface area contributed by atoms with Crippen molar-refractivity contribution in [1.29, 1.82) is 0 Å². The zero-order valence-corrected chi connectivity index (χ0v) is 17.4. The molecule has 2 atom stereocenters. The van der Waals surface area contributed by atoms with E-state index in [0.29, 0.717) is 17.9 Å². The fourth-order valence-corrected chi connectivity index (χ4v) is 3.23. The smallest absolute Gasteiger partial charge is 0.254 e. The van der Waals surface area contributed by atoms with E-state index < -0.39 is 24.0 Å². The highest BCUT2D eigenvalue weighted by Gasteiger charge is 2.25. The van der Waals surface area contributed by atoms with Crippen molar-refractivity contribution in [2.24, 2.45) is 5.73 Å². The molecule has 0 bridgehead atoms. The van der Waals surface area contributed by atoms with Crippen molar-refractivity contribution >= 4 is 11.8 Å². The predicted molar refractivity (Wildman–Crippen MR) is 118 cm³/mol. The Kier molecular flexibility index (Phi) is 7.79. The lowest BCUT2D eigenvalue weighted by Gasteiger charge is -2.20. The minimum Gasteiger partial charge on any atom is -0.489 e. The summed E-state index contributed by atoms with van der Waals surface area (Å²) in [4.78, 5) is 24.8. The largest absolute Gasteiger partial charge is 0.489 e. The maximum absolute atomic E-state index is 12.7. The van der Waals surface area contributed by atoms with Crippen LogP contribution in [0.15, 0.2) is 84.9 Å². The quantitative estimate of drug-likeness (QED) is 0.529. The molecule has 0 saturated carbocycles. The number of carbonyl (C=O) groups is 2. The molecule has 0 aliphatic carbocycles. The van der Waals surface area contributed by atoms with Gasteiger partial charge in [0.2, 0.25) is 5.91 Å². The first-order valence-corrected chi connectivity index (χ1v) is 10.00. The summed E-state index contributed by atoms with van der Waals surface area (Å²) >= 11 is 0. The summed E-state index contributed by atoms with van der Waals surface area (Å²) in [7, 11) is 1.45. The molecule has 0 aliphatic heterocycles. The normalized spacial score (nSPS) is 12.5. The molecule has 3 aromatic carbocycles. The molecule has 0 aliphatic rings. The number of carbonyl (C=O) groups excluding carboxylic acids is 2. The molecule has 3 rings (SSSR count). The van der Waals surface area contributed by atoms with Crippen LogP contribution in [0.2, 0.25) is 0 Å². The summed E-state index contributed by atoms with van der Waals surface area (Å²) in [5.41, 5.74) is 8.14. The monoisotopic (exact) mass is 418 g/mol. The number of ether oxygens (including phenoxy) is 2. The molecule has 3 N–H and O–H groups in total. The predicted octanol–water partition coefficient (Wildman–Crippen LogP) is 3.17. The lowest BCUT2D eigenvalue weighted by molar-refractivity contribution is -0.134. The number of amides is 2. The van der Waals surface area contributed by atoms with Crippen LogP contribution >= 0.6 is 0 Å². The van der Waals surface area contributed by atoms with E-state index in [0.717, 1.165) is 11.1 Å². The number of benzene rings is 3. The molecule has 3 aromatic rings. The number of rotatable bonds is 10. The van der Waals surface area contributed by atoms with Crippen molar-refractivity contribution in [2.75, 3.05) is 7.11 Å². The summed E-state index contributed by atoms with van der Waals surface area (Å²) in [5.74, 6) is -0.365. The molecule has 0 radical (unpaired) electrons. The molecule has 31 heavy (non-hydrogen) atoms. The Hall–Kier alpha value is -3.64. The van der Waals surface area contributed by atoms with Gasteiger partial charge in [-0.3, -0.25) is 9.59 Å². The van der Waals surface area contributed by atoms with E-state index in [9.17, 15) is 9.59 Å². The van der Waals surface area contributed by atoms with Gasteiger partial charge in [-0.25, -0.2) is 0 Å². The SMILES string of the molecule is CO[C@@H](C(=O)N[C@H](Cc1cccc(OCc2ccccc2)c1)C(N)=O)c1ccccc1. The summed E-state index contributed by atoms with van der Waals surface area (Å²) < 4.78 is 11.2. The van der Waals surface area contributed by atoms with E-state index in [4.69, 9.17) is 15.2 Å². The highest BCUT2D eigenvalue weighted by molar-refractivity contribution is 5.89. The third-order valence-corrected chi connectivity index (χ3v) is 4.82. The van der Waals surface area contributed by atoms with Crippen LogP contribution in [0.1, 0.15) is 22.8 Å². The van der Waals surface area contributed by atoms with Gasteiger partial charge in [0.05, 0.1) is 0 Å². The zero-order valence-electron chi connectivity index (χ0n) is 17.4.